The van der Waals surface area contributed by atoms with Gasteiger partial charge in [0.05, 0.1) is 5.41 Å². The topological polar surface area (TPSA) is 29.5 Å². The molecule has 0 radical (unpaired) electrons. The molecule has 1 saturated carbocycles. The molecule has 0 amide bonds. The minimum Gasteiger partial charge on any atom is -0.449 e. The van der Waals surface area contributed by atoms with Crippen LogP contribution in [0.3, 0.4) is 0 Å². The number of esters is 1. The summed E-state index contributed by atoms with van der Waals surface area (Å²) in [5.41, 5.74) is 0.744. The van der Waals surface area contributed by atoms with Crippen molar-refractivity contribution in [3.8, 4) is 0 Å². The molecule has 1 unspecified atom stereocenters. The van der Waals surface area contributed by atoms with Crippen LogP contribution in [0.2, 0.25) is 0 Å². The van der Waals surface area contributed by atoms with Gasteiger partial charge in [-0.15, -0.1) is 0 Å². The molecule has 3 heteroatoms. The summed E-state index contributed by atoms with van der Waals surface area (Å²) in [5.74, 6) is -0.0299. The second-order valence-electron chi connectivity index (χ2n) is 6.52. The van der Waals surface area contributed by atoms with Crippen LogP contribution in [0.15, 0.2) is 30.3 Å². The van der Waals surface area contributed by atoms with Crippen LogP contribution in [0.1, 0.15) is 51.0 Å². The summed E-state index contributed by atoms with van der Waals surface area (Å²) in [7, 11) is 0. The Morgan fingerprint density at radius 2 is 2.00 bits per heavy atom. The van der Waals surface area contributed by atoms with E-state index in [0.717, 1.165) is 31.4 Å². The molecule has 1 aromatic carbocycles. The molecule has 114 valence electrons. The smallest absolute Gasteiger partial charge is 0.317 e. The van der Waals surface area contributed by atoms with Crippen molar-refractivity contribution in [1.29, 1.82) is 0 Å². The average molecular weight is 287 g/mol. The van der Waals surface area contributed by atoms with E-state index < -0.39 is 0 Å². The monoisotopic (exact) mass is 287 g/mol. The predicted octanol–water partition coefficient (Wildman–Crippen LogP) is 3.48. The van der Waals surface area contributed by atoms with Gasteiger partial charge < -0.3 is 4.74 Å². The highest BCUT2D eigenvalue weighted by molar-refractivity contribution is 5.84. The summed E-state index contributed by atoms with van der Waals surface area (Å²) in [6.07, 6.45) is 6.67. The van der Waals surface area contributed by atoms with E-state index in [1.807, 2.05) is 18.2 Å². The Morgan fingerprint density at radius 3 is 2.62 bits per heavy atom. The molecule has 1 aliphatic heterocycles. The molecule has 1 aliphatic carbocycles. The van der Waals surface area contributed by atoms with Gasteiger partial charge in [-0.1, -0.05) is 43.2 Å². The third-order valence-electron chi connectivity index (χ3n) is 5.23. The van der Waals surface area contributed by atoms with Crippen molar-refractivity contribution in [3.05, 3.63) is 35.9 Å². The highest BCUT2D eigenvalue weighted by Crippen LogP contribution is 2.44. The van der Waals surface area contributed by atoms with E-state index in [2.05, 4.69) is 24.0 Å². The fraction of sp³-hybridized carbons (Fsp3) is 0.611. The number of ether oxygens (including phenoxy) is 1. The number of hydrogen-bond donors (Lipinski definition) is 0. The second-order valence-corrected chi connectivity index (χ2v) is 6.52. The molecule has 1 atom stereocenters. The SMILES string of the molecule is CC1CCCCN1COC(=O)C1(c2ccccc2)CCC1. The molecule has 0 bridgehead atoms. The molecule has 1 heterocycles. The molecule has 3 nitrogen and oxygen atoms in total. The van der Waals surface area contributed by atoms with Gasteiger partial charge in [-0.2, -0.15) is 0 Å². The first kappa shape index (κ1) is 14.6. The number of benzene rings is 1. The summed E-state index contributed by atoms with van der Waals surface area (Å²) in [6.45, 7) is 3.73. The van der Waals surface area contributed by atoms with Crippen LogP contribution in [-0.4, -0.2) is 30.2 Å². The second kappa shape index (κ2) is 6.18. The summed E-state index contributed by atoms with van der Waals surface area (Å²) >= 11 is 0. The zero-order valence-electron chi connectivity index (χ0n) is 12.9. The highest BCUT2D eigenvalue weighted by atomic mass is 16.5. The molecule has 2 aliphatic rings. The zero-order valence-corrected chi connectivity index (χ0v) is 12.9. The summed E-state index contributed by atoms with van der Waals surface area (Å²) < 4.78 is 5.70. The van der Waals surface area contributed by atoms with Crippen LogP contribution < -0.4 is 0 Å². The molecule has 0 spiro atoms. The third-order valence-corrected chi connectivity index (χ3v) is 5.23. The maximum absolute atomic E-state index is 12.6. The summed E-state index contributed by atoms with van der Waals surface area (Å²) in [4.78, 5) is 14.9. The third kappa shape index (κ3) is 2.84. The van der Waals surface area contributed by atoms with Crippen LogP contribution >= 0.6 is 0 Å². The Morgan fingerprint density at radius 1 is 1.24 bits per heavy atom. The van der Waals surface area contributed by atoms with Gasteiger partial charge in [0.15, 0.2) is 0 Å². The van der Waals surface area contributed by atoms with Gasteiger partial charge in [-0.25, -0.2) is 0 Å². The van der Waals surface area contributed by atoms with Gasteiger partial charge in [-0.05, 0) is 38.2 Å². The number of piperidine rings is 1. The normalized spacial score (nSPS) is 25.1. The van der Waals surface area contributed by atoms with E-state index in [9.17, 15) is 4.79 Å². The fourth-order valence-electron chi connectivity index (χ4n) is 3.53. The van der Waals surface area contributed by atoms with Gasteiger partial charge >= 0.3 is 5.97 Å². The number of likely N-dealkylation sites (tertiary alicyclic amines) is 1. The molecule has 1 saturated heterocycles. The van der Waals surface area contributed by atoms with Gasteiger partial charge in [0, 0.05) is 12.6 Å². The van der Waals surface area contributed by atoms with E-state index >= 15 is 0 Å². The molecule has 21 heavy (non-hydrogen) atoms. The minimum atomic E-state index is -0.375. The minimum absolute atomic E-state index is 0.0299. The van der Waals surface area contributed by atoms with Crippen molar-refractivity contribution in [2.45, 2.75) is 56.9 Å². The lowest BCUT2D eigenvalue weighted by molar-refractivity contribution is -0.161. The Hall–Kier alpha value is -1.35. The Kier molecular flexibility index (Phi) is 4.29. The Labute approximate surface area is 127 Å². The van der Waals surface area contributed by atoms with Crippen molar-refractivity contribution in [2.75, 3.05) is 13.3 Å². The Balaban J connectivity index is 1.64. The van der Waals surface area contributed by atoms with Gasteiger partial charge in [0.1, 0.15) is 6.73 Å². The molecule has 3 rings (SSSR count). The zero-order chi connectivity index (χ0) is 14.7. The van der Waals surface area contributed by atoms with Crippen LogP contribution in [0.25, 0.3) is 0 Å². The molecular formula is C18H25NO2. The van der Waals surface area contributed by atoms with Crippen LogP contribution in [0.5, 0.6) is 0 Å². The van der Waals surface area contributed by atoms with Gasteiger partial charge in [0.25, 0.3) is 0 Å². The van der Waals surface area contributed by atoms with Gasteiger partial charge in [0.2, 0.25) is 0 Å². The molecule has 0 aromatic heterocycles. The van der Waals surface area contributed by atoms with Crippen molar-refractivity contribution < 1.29 is 9.53 Å². The Bertz CT molecular complexity index is 481. The maximum atomic E-state index is 12.6. The van der Waals surface area contributed by atoms with Crippen LogP contribution in [-0.2, 0) is 14.9 Å². The first-order valence-corrected chi connectivity index (χ1v) is 8.19. The summed E-state index contributed by atoms with van der Waals surface area (Å²) in [6, 6.07) is 10.7. The van der Waals surface area contributed by atoms with E-state index in [1.165, 1.54) is 19.3 Å². The van der Waals surface area contributed by atoms with Crippen LogP contribution in [0.4, 0.5) is 0 Å². The predicted molar refractivity (Wildman–Crippen MR) is 82.9 cm³/mol. The molecule has 2 fully saturated rings. The van der Waals surface area contributed by atoms with Crippen LogP contribution in [0, 0.1) is 0 Å². The first-order chi connectivity index (χ1) is 10.2. The lowest BCUT2D eigenvalue weighted by Crippen LogP contribution is -2.46. The van der Waals surface area contributed by atoms with E-state index in [1.54, 1.807) is 0 Å². The van der Waals surface area contributed by atoms with Gasteiger partial charge in [-0.3, -0.25) is 9.69 Å². The summed E-state index contributed by atoms with van der Waals surface area (Å²) in [5, 5.41) is 0. The molecule has 0 N–H and O–H groups in total. The van der Waals surface area contributed by atoms with E-state index in [-0.39, 0.29) is 11.4 Å². The van der Waals surface area contributed by atoms with E-state index in [0.29, 0.717) is 12.8 Å². The lowest BCUT2D eigenvalue weighted by Gasteiger charge is -2.41. The average Bonchev–Trinajstić information content (AvgIpc) is 2.46. The molecular weight excluding hydrogens is 262 g/mol. The van der Waals surface area contributed by atoms with E-state index in [4.69, 9.17) is 4.74 Å². The maximum Gasteiger partial charge on any atom is 0.317 e. The highest BCUT2D eigenvalue weighted by Gasteiger charge is 2.47. The first-order valence-electron chi connectivity index (χ1n) is 8.19. The number of carbonyl (C=O) groups excluding carboxylic acids is 1. The quantitative estimate of drug-likeness (QED) is 0.794. The number of carbonyl (C=O) groups is 1. The van der Waals surface area contributed by atoms with Crippen molar-refractivity contribution in [3.63, 3.8) is 0 Å². The molecule has 1 aromatic rings. The standard InChI is InChI=1S/C18H25NO2/c1-15-8-5-6-13-19(15)14-21-17(20)18(11-7-12-18)16-9-3-2-4-10-16/h2-4,9-10,15H,5-8,11-14H2,1H3. The lowest BCUT2D eigenvalue weighted by atomic mass is 9.64. The van der Waals surface area contributed by atoms with Crippen molar-refractivity contribution in [2.24, 2.45) is 0 Å². The number of rotatable bonds is 4. The largest absolute Gasteiger partial charge is 0.449 e. The van der Waals surface area contributed by atoms with Crippen molar-refractivity contribution >= 4 is 5.97 Å². The number of nitrogens with zero attached hydrogens (tertiary/aromatic N) is 1. The van der Waals surface area contributed by atoms with Crippen molar-refractivity contribution in [1.82, 2.24) is 4.90 Å². The number of hydrogen-bond acceptors (Lipinski definition) is 3. The fourth-order valence-corrected chi connectivity index (χ4v) is 3.53.